The number of imide groups is 2. The first-order valence-electron chi connectivity index (χ1n) is 11.9. The van der Waals surface area contributed by atoms with Crippen molar-refractivity contribution in [3.05, 3.63) is 82.9 Å². The van der Waals surface area contributed by atoms with Crippen molar-refractivity contribution in [2.75, 3.05) is 31.0 Å². The maximum absolute atomic E-state index is 13.1. The number of benzene rings is 3. The van der Waals surface area contributed by atoms with Gasteiger partial charge in [0.15, 0.2) is 18.1 Å². The number of methoxy groups -OCH3 is 2. The van der Waals surface area contributed by atoms with Crippen molar-refractivity contribution in [3.63, 3.8) is 0 Å². The zero-order valence-corrected chi connectivity index (χ0v) is 21.9. The number of carbonyl (C=O) groups excluding carboxylic acids is 4. The Bertz CT molecular complexity index is 1480. The quantitative estimate of drug-likeness (QED) is 0.334. The van der Waals surface area contributed by atoms with Crippen LogP contribution in [0, 0.1) is 13.8 Å². The van der Waals surface area contributed by atoms with Crippen LogP contribution in [0.5, 0.6) is 17.2 Å². The Morgan fingerprint density at radius 3 is 2.33 bits per heavy atom. The number of carbonyl (C=O) groups is 4. The van der Waals surface area contributed by atoms with E-state index in [1.165, 1.54) is 32.4 Å². The van der Waals surface area contributed by atoms with Crippen molar-refractivity contribution in [2.45, 2.75) is 13.8 Å². The Hall–Kier alpha value is -5.12. The predicted octanol–water partition coefficient (Wildman–Crippen LogP) is 4.00. The normalized spacial score (nSPS) is 14.2. The topological polar surface area (TPSA) is 123 Å². The fourth-order valence-electron chi connectivity index (χ4n) is 3.97. The third kappa shape index (κ3) is 6.07. The SMILES string of the molecule is COc1ccc(N2C(=O)NC(=O)/C(=C\c3ccc(OCC(=O)Nc4ccc(C)cc4C)c(OC)c3)C2=O)cc1. The van der Waals surface area contributed by atoms with E-state index in [9.17, 15) is 19.2 Å². The number of nitrogens with zero attached hydrogens (tertiary/aromatic N) is 1. The minimum absolute atomic E-state index is 0.242. The van der Waals surface area contributed by atoms with E-state index in [-0.39, 0.29) is 29.5 Å². The number of rotatable bonds is 8. The molecule has 0 unspecified atom stereocenters. The van der Waals surface area contributed by atoms with E-state index in [0.29, 0.717) is 22.7 Å². The average molecular weight is 530 g/mol. The summed E-state index contributed by atoms with van der Waals surface area (Å²) in [5.41, 5.74) is 3.20. The molecule has 3 aromatic rings. The van der Waals surface area contributed by atoms with Gasteiger partial charge in [-0.05, 0) is 73.5 Å². The Morgan fingerprint density at radius 2 is 1.67 bits per heavy atom. The number of amides is 5. The first-order chi connectivity index (χ1) is 18.7. The Balaban J connectivity index is 1.50. The molecule has 1 saturated heterocycles. The summed E-state index contributed by atoms with van der Waals surface area (Å²) < 4.78 is 16.2. The molecule has 5 amide bonds. The molecule has 0 spiro atoms. The highest BCUT2D eigenvalue weighted by molar-refractivity contribution is 6.39. The van der Waals surface area contributed by atoms with Crippen LogP contribution in [-0.4, -0.2) is 44.6 Å². The number of nitrogens with one attached hydrogen (secondary N) is 2. The number of aryl methyl sites for hydroxylation is 2. The lowest BCUT2D eigenvalue weighted by Gasteiger charge is -2.26. The summed E-state index contributed by atoms with van der Waals surface area (Å²) in [5, 5.41) is 5.00. The van der Waals surface area contributed by atoms with Gasteiger partial charge in [0, 0.05) is 5.69 Å². The maximum atomic E-state index is 13.1. The molecule has 0 atom stereocenters. The number of hydrogen-bond donors (Lipinski definition) is 2. The zero-order chi connectivity index (χ0) is 28.1. The average Bonchev–Trinajstić information content (AvgIpc) is 2.92. The van der Waals surface area contributed by atoms with Gasteiger partial charge in [-0.3, -0.25) is 19.7 Å². The van der Waals surface area contributed by atoms with Crippen molar-refractivity contribution < 1.29 is 33.4 Å². The molecule has 0 saturated carbocycles. The number of barbiturate groups is 1. The summed E-state index contributed by atoms with van der Waals surface area (Å²) in [7, 11) is 2.93. The number of ether oxygens (including phenoxy) is 3. The van der Waals surface area contributed by atoms with E-state index in [0.717, 1.165) is 16.0 Å². The summed E-state index contributed by atoms with van der Waals surface area (Å²) in [5.74, 6) is -0.815. The molecular formula is C29H27N3O7. The highest BCUT2D eigenvalue weighted by Gasteiger charge is 2.36. The van der Waals surface area contributed by atoms with Crippen LogP contribution in [-0.2, 0) is 14.4 Å². The first-order valence-corrected chi connectivity index (χ1v) is 11.9. The Kier molecular flexibility index (Phi) is 7.95. The van der Waals surface area contributed by atoms with Crippen LogP contribution in [0.15, 0.2) is 66.2 Å². The molecule has 10 heteroatoms. The molecule has 0 bridgehead atoms. The van der Waals surface area contributed by atoms with Gasteiger partial charge in [0.2, 0.25) is 0 Å². The van der Waals surface area contributed by atoms with Crippen molar-refractivity contribution in [1.82, 2.24) is 5.32 Å². The third-order valence-corrected chi connectivity index (χ3v) is 5.95. The first kappa shape index (κ1) is 26.9. The molecule has 2 N–H and O–H groups in total. The maximum Gasteiger partial charge on any atom is 0.335 e. The van der Waals surface area contributed by atoms with Crippen LogP contribution in [0.1, 0.15) is 16.7 Å². The second-order valence-corrected chi connectivity index (χ2v) is 8.72. The Labute approximate surface area is 225 Å². The largest absolute Gasteiger partial charge is 0.497 e. The molecule has 0 aliphatic carbocycles. The van der Waals surface area contributed by atoms with Crippen LogP contribution in [0.2, 0.25) is 0 Å². The molecule has 200 valence electrons. The minimum atomic E-state index is -0.854. The van der Waals surface area contributed by atoms with Gasteiger partial charge in [-0.2, -0.15) is 0 Å². The van der Waals surface area contributed by atoms with Gasteiger partial charge in [0.05, 0.1) is 19.9 Å². The second-order valence-electron chi connectivity index (χ2n) is 8.72. The molecule has 1 fully saturated rings. The predicted molar refractivity (Wildman–Crippen MR) is 145 cm³/mol. The van der Waals surface area contributed by atoms with Gasteiger partial charge >= 0.3 is 6.03 Å². The highest BCUT2D eigenvalue weighted by atomic mass is 16.5. The molecule has 39 heavy (non-hydrogen) atoms. The van der Waals surface area contributed by atoms with Crippen LogP contribution in [0.25, 0.3) is 6.08 Å². The molecule has 0 radical (unpaired) electrons. The summed E-state index contributed by atoms with van der Waals surface area (Å²) in [6, 6.07) is 15.8. The zero-order valence-electron chi connectivity index (χ0n) is 21.9. The molecule has 10 nitrogen and oxygen atoms in total. The van der Waals surface area contributed by atoms with Crippen molar-refractivity contribution >= 4 is 41.2 Å². The molecule has 4 rings (SSSR count). The number of urea groups is 1. The van der Waals surface area contributed by atoms with Crippen LogP contribution >= 0.6 is 0 Å². The van der Waals surface area contributed by atoms with Crippen LogP contribution < -0.4 is 29.7 Å². The fourth-order valence-corrected chi connectivity index (χ4v) is 3.97. The monoisotopic (exact) mass is 529 g/mol. The molecule has 1 heterocycles. The summed E-state index contributed by atoms with van der Waals surface area (Å²) in [6.45, 7) is 3.62. The van der Waals surface area contributed by atoms with E-state index in [1.807, 2.05) is 32.0 Å². The van der Waals surface area contributed by atoms with E-state index in [2.05, 4.69) is 10.6 Å². The number of hydrogen-bond acceptors (Lipinski definition) is 7. The summed E-state index contributed by atoms with van der Waals surface area (Å²) >= 11 is 0. The molecule has 0 aromatic heterocycles. The van der Waals surface area contributed by atoms with Gasteiger partial charge in [0.1, 0.15) is 11.3 Å². The lowest BCUT2D eigenvalue weighted by Crippen LogP contribution is -2.54. The summed E-state index contributed by atoms with van der Waals surface area (Å²) in [4.78, 5) is 51.4. The standard InChI is InChI=1S/C29H27N3O7/c1-17-5-11-23(18(2)13-17)30-26(33)16-39-24-12-6-19(15-25(24)38-4)14-22-27(34)31-29(36)32(28(22)35)20-7-9-21(37-3)10-8-20/h5-15H,16H2,1-4H3,(H,30,33)(H,31,34,36)/b22-14+. The van der Waals surface area contributed by atoms with Gasteiger partial charge in [-0.15, -0.1) is 0 Å². The molecule has 1 aliphatic heterocycles. The van der Waals surface area contributed by atoms with E-state index in [4.69, 9.17) is 14.2 Å². The van der Waals surface area contributed by atoms with Gasteiger partial charge < -0.3 is 19.5 Å². The Morgan fingerprint density at radius 1 is 0.923 bits per heavy atom. The fraction of sp³-hybridized carbons (Fsp3) is 0.172. The van der Waals surface area contributed by atoms with Gasteiger partial charge in [-0.25, -0.2) is 9.69 Å². The van der Waals surface area contributed by atoms with E-state index in [1.54, 1.807) is 30.3 Å². The van der Waals surface area contributed by atoms with Crippen LogP contribution in [0.3, 0.4) is 0 Å². The van der Waals surface area contributed by atoms with Gasteiger partial charge in [0.25, 0.3) is 17.7 Å². The van der Waals surface area contributed by atoms with E-state index >= 15 is 0 Å². The highest BCUT2D eigenvalue weighted by Crippen LogP contribution is 2.30. The summed E-state index contributed by atoms with van der Waals surface area (Å²) in [6.07, 6.45) is 1.35. The second kappa shape index (κ2) is 11.5. The molecular weight excluding hydrogens is 502 g/mol. The van der Waals surface area contributed by atoms with Crippen LogP contribution in [0.4, 0.5) is 16.2 Å². The third-order valence-electron chi connectivity index (χ3n) is 5.95. The lowest BCUT2D eigenvalue weighted by atomic mass is 10.1. The lowest BCUT2D eigenvalue weighted by molar-refractivity contribution is -0.122. The number of anilines is 2. The minimum Gasteiger partial charge on any atom is -0.497 e. The van der Waals surface area contributed by atoms with Crippen molar-refractivity contribution in [1.29, 1.82) is 0 Å². The van der Waals surface area contributed by atoms with Gasteiger partial charge in [-0.1, -0.05) is 23.8 Å². The van der Waals surface area contributed by atoms with Crippen molar-refractivity contribution in [3.8, 4) is 17.2 Å². The van der Waals surface area contributed by atoms with Crippen molar-refractivity contribution in [2.24, 2.45) is 0 Å². The smallest absolute Gasteiger partial charge is 0.335 e. The molecule has 3 aromatic carbocycles. The molecule has 1 aliphatic rings. The van der Waals surface area contributed by atoms with E-state index < -0.39 is 17.8 Å².